The Kier molecular flexibility index (Phi) is 3.22. The number of ether oxygens (including phenoxy) is 2. The van der Waals surface area contributed by atoms with E-state index in [1.165, 1.54) is 26.3 Å². The molecule has 0 radical (unpaired) electrons. The van der Waals surface area contributed by atoms with Crippen LogP contribution in [0.15, 0.2) is 16.9 Å². The van der Waals surface area contributed by atoms with Crippen molar-refractivity contribution in [2.45, 2.75) is 0 Å². The average molecular weight is 198 g/mol. The fraction of sp³-hybridized carbons (Fsp3) is 0.375. The molecule has 1 aromatic rings. The summed E-state index contributed by atoms with van der Waals surface area (Å²) in [5, 5.41) is 3.75. The van der Waals surface area contributed by atoms with E-state index < -0.39 is 5.97 Å². The molecular weight excluding hydrogens is 188 g/mol. The molecule has 0 fully saturated rings. The van der Waals surface area contributed by atoms with Crippen LogP contribution in [0.3, 0.4) is 0 Å². The third-order valence-electron chi connectivity index (χ3n) is 1.50. The number of esters is 1. The fourth-order valence-electron chi connectivity index (χ4n) is 0.750. The van der Waals surface area contributed by atoms with Crippen LogP contribution >= 0.6 is 0 Å². The zero-order chi connectivity index (χ0) is 10.6. The first-order valence-electron chi connectivity index (χ1n) is 3.87. The summed E-state index contributed by atoms with van der Waals surface area (Å²) in [5.41, 5.74) is -0.240. The van der Waals surface area contributed by atoms with Crippen molar-refractivity contribution in [3.05, 3.63) is 22.5 Å². The minimum atomic E-state index is -0.499. The summed E-state index contributed by atoms with van der Waals surface area (Å²) in [6.07, 6.45) is 0. The van der Waals surface area contributed by atoms with Gasteiger partial charge in [0.05, 0.1) is 7.11 Å². The molecular formula is C8H10N2O4. The summed E-state index contributed by atoms with van der Waals surface area (Å²) >= 11 is 0. The molecule has 6 nitrogen and oxygen atoms in total. The zero-order valence-electron chi connectivity index (χ0n) is 7.89. The summed E-state index contributed by atoms with van der Waals surface area (Å²) in [4.78, 5) is 21.6. The second-order valence-corrected chi connectivity index (χ2v) is 2.50. The van der Waals surface area contributed by atoms with Gasteiger partial charge in [0, 0.05) is 19.2 Å². The van der Waals surface area contributed by atoms with E-state index in [2.05, 4.69) is 9.84 Å². The summed E-state index contributed by atoms with van der Waals surface area (Å²) < 4.78 is 10.4. The van der Waals surface area contributed by atoms with Crippen molar-refractivity contribution in [2.24, 2.45) is 7.05 Å². The predicted molar refractivity (Wildman–Crippen MR) is 47.0 cm³/mol. The number of carbonyl (C=O) groups is 1. The van der Waals surface area contributed by atoms with Gasteiger partial charge < -0.3 is 9.47 Å². The molecule has 1 aromatic heterocycles. The maximum atomic E-state index is 10.9. The molecule has 0 saturated heterocycles. The molecule has 0 aliphatic carbocycles. The van der Waals surface area contributed by atoms with Crippen molar-refractivity contribution in [2.75, 3.05) is 13.7 Å². The Labute approximate surface area is 80.1 Å². The highest BCUT2D eigenvalue weighted by Gasteiger charge is 2.03. The molecule has 0 aliphatic rings. The Bertz CT molecular complexity index is 385. The van der Waals surface area contributed by atoms with Crippen molar-refractivity contribution in [1.82, 2.24) is 9.78 Å². The lowest BCUT2D eigenvalue weighted by Gasteiger charge is -2.03. The van der Waals surface area contributed by atoms with E-state index in [1.807, 2.05) is 0 Å². The molecule has 0 spiro atoms. The molecule has 0 saturated carbocycles. The number of aromatic nitrogens is 2. The van der Waals surface area contributed by atoms with Gasteiger partial charge in [0.2, 0.25) is 5.88 Å². The number of methoxy groups -OCH3 is 1. The van der Waals surface area contributed by atoms with Crippen molar-refractivity contribution in [3.8, 4) is 5.88 Å². The first kappa shape index (κ1) is 10.2. The highest BCUT2D eigenvalue weighted by atomic mass is 16.6. The first-order chi connectivity index (χ1) is 6.63. The number of nitrogens with zero attached hydrogens (tertiary/aromatic N) is 2. The number of rotatable bonds is 3. The monoisotopic (exact) mass is 198 g/mol. The molecule has 1 rings (SSSR count). The average Bonchev–Trinajstić information content (AvgIpc) is 2.19. The molecule has 0 aromatic carbocycles. The Morgan fingerprint density at radius 2 is 2.29 bits per heavy atom. The molecule has 6 heteroatoms. The van der Waals surface area contributed by atoms with Crippen LogP contribution in [0.5, 0.6) is 5.88 Å². The summed E-state index contributed by atoms with van der Waals surface area (Å²) in [5.74, 6) is -0.293. The SMILES string of the molecule is COC(=O)COc1ccc(=O)n(C)n1. The van der Waals surface area contributed by atoms with Crippen LogP contribution in [0, 0.1) is 0 Å². The van der Waals surface area contributed by atoms with Gasteiger partial charge in [-0.25, -0.2) is 9.48 Å². The number of hydrogen-bond acceptors (Lipinski definition) is 5. The van der Waals surface area contributed by atoms with E-state index in [-0.39, 0.29) is 18.0 Å². The van der Waals surface area contributed by atoms with Gasteiger partial charge in [0.25, 0.3) is 5.56 Å². The fourth-order valence-corrected chi connectivity index (χ4v) is 0.750. The normalized spacial score (nSPS) is 9.57. The van der Waals surface area contributed by atoms with Crippen LogP contribution in [0.2, 0.25) is 0 Å². The third-order valence-corrected chi connectivity index (χ3v) is 1.50. The second kappa shape index (κ2) is 4.40. The Hall–Kier alpha value is -1.85. The van der Waals surface area contributed by atoms with E-state index in [9.17, 15) is 9.59 Å². The summed E-state index contributed by atoms with van der Waals surface area (Å²) in [7, 11) is 2.76. The molecule has 76 valence electrons. The summed E-state index contributed by atoms with van der Waals surface area (Å²) in [6, 6.07) is 2.70. The van der Waals surface area contributed by atoms with Crippen LogP contribution in [0.25, 0.3) is 0 Å². The van der Waals surface area contributed by atoms with Gasteiger partial charge in [0.1, 0.15) is 0 Å². The highest BCUT2D eigenvalue weighted by molar-refractivity contribution is 5.70. The van der Waals surface area contributed by atoms with Gasteiger partial charge >= 0.3 is 5.97 Å². The lowest BCUT2D eigenvalue weighted by Crippen LogP contribution is -2.20. The molecule has 0 amide bonds. The topological polar surface area (TPSA) is 70.4 Å². The largest absolute Gasteiger partial charge is 0.466 e. The van der Waals surface area contributed by atoms with E-state index in [0.29, 0.717) is 0 Å². The standard InChI is InChI=1S/C8H10N2O4/c1-10-7(11)4-3-6(9-10)14-5-8(12)13-2/h3-4H,5H2,1-2H3. The minimum absolute atomic E-state index is 0.206. The molecule has 0 atom stereocenters. The Morgan fingerprint density at radius 1 is 1.57 bits per heavy atom. The van der Waals surface area contributed by atoms with E-state index in [0.717, 1.165) is 4.68 Å². The van der Waals surface area contributed by atoms with Crippen molar-refractivity contribution in [1.29, 1.82) is 0 Å². The van der Waals surface area contributed by atoms with Gasteiger partial charge in [-0.2, -0.15) is 0 Å². The molecule has 0 unspecified atom stereocenters. The smallest absolute Gasteiger partial charge is 0.343 e. The maximum Gasteiger partial charge on any atom is 0.343 e. The molecule has 1 heterocycles. The number of carbonyl (C=O) groups excluding carboxylic acids is 1. The highest BCUT2D eigenvalue weighted by Crippen LogP contribution is 2.00. The molecule has 0 bridgehead atoms. The predicted octanol–water partition coefficient (Wildman–Crippen LogP) is -0.668. The Morgan fingerprint density at radius 3 is 2.86 bits per heavy atom. The van der Waals surface area contributed by atoms with Crippen LogP contribution in [0.1, 0.15) is 0 Å². The molecule has 0 N–H and O–H groups in total. The summed E-state index contributed by atoms with van der Waals surface area (Å²) in [6.45, 7) is -0.221. The van der Waals surface area contributed by atoms with Gasteiger partial charge in [-0.15, -0.1) is 5.10 Å². The minimum Gasteiger partial charge on any atom is -0.466 e. The van der Waals surface area contributed by atoms with E-state index in [1.54, 1.807) is 0 Å². The van der Waals surface area contributed by atoms with Gasteiger partial charge in [-0.3, -0.25) is 4.79 Å². The third kappa shape index (κ3) is 2.58. The first-order valence-corrected chi connectivity index (χ1v) is 3.87. The van der Waals surface area contributed by atoms with Crippen molar-refractivity contribution >= 4 is 5.97 Å². The lowest BCUT2D eigenvalue weighted by atomic mass is 10.5. The quantitative estimate of drug-likeness (QED) is 0.602. The maximum absolute atomic E-state index is 10.9. The van der Waals surface area contributed by atoms with Gasteiger partial charge in [-0.1, -0.05) is 0 Å². The molecule has 14 heavy (non-hydrogen) atoms. The van der Waals surface area contributed by atoms with E-state index in [4.69, 9.17) is 4.74 Å². The Balaban J connectivity index is 2.64. The number of hydrogen-bond donors (Lipinski definition) is 0. The van der Waals surface area contributed by atoms with Crippen LogP contribution in [0.4, 0.5) is 0 Å². The van der Waals surface area contributed by atoms with Crippen LogP contribution in [-0.2, 0) is 16.6 Å². The van der Waals surface area contributed by atoms with E-state index >= 15 is 0 Å². The van der Waals surface area contributed by atoms with Crippen LogP contribution < -0.4 is 10.3 Å². The zero-order valence-corrected chi connectivity index (χ0v) is 7.89. The van der Waals surface area contributed by atoms with Crippen LogP contribution in [-0.4, -0.2) is 29.5 Å². The number of aryl methyl sites for hydroxylation is 1. The second-order valence-electron chi connectivity index (χ2n) is 2.50. The molecule has 0 aliphatic heterocycles. The van der Waals surface area contributed by atoms with Gasteiger partial charge in [0.15, 0.2) is 6.61 Å². The van der Waals surface area contributed by atoms with Crippen molar-refractivity contribution < 1.29 is 14.3 Å². The van der Waals surface area contributed by atoms with Gasteiger partial charge in [-0.05, 0) is 0 Å². The lowest BCUT2D eigenvalue weighted by molar-refractivity contribution is -0.143. The van der Waals surface area contributed by atoms with Crippen molar-refractivity contribution in [3.63, 3.8) is 0 Å².